The third kappa shape index (κ3) is 9.78. The average Bonchev–Trinajstić information content (AvgIpc) is 3.38. The molecule has 2 amide bonds. The van der Waals surface area contributed by atoms with E-state index in [0.717, 1.165) is 38.1 Å². The van der Waals surface area contributed by atoms with Gasteiger partial charge in [-0.25, -0.2) is 9.59 Å². The Bertz CT molecular complexity index is 1660. The van der Waals surface area contributed by atoms with E-state index in [1.165, 1.54) is 173 Å². The van der Waals surface area contributed by atoms with Crippen LogP contribution < -0.4 is 21.1 Å². The number of alkyl carbamates (subject to hydrolysis) is 2. The molecule has 3 unspecified atom stereocenters. The van der Waals surface area contributed by atoms with E-state index in [2.05, 4.69) is 10.6 Å². The van der Waals surface area contributed by atoms with Gasteiger partial charge in [-0.05, 0) is 108 Å². The Morgan fingerprint density at radius 2 is 1.19 bits per heavy atom. The minimum Gasteiger partial charge on any atom is -0.455 e. The van der Waals surface area contributed by atoms with E-state index in [1.54, 1.807) is 0 Å². The van der Waals surface area contributed by atoms with Crippen LogP contribution in [0.4, 0.5) is 15.3 Å². The number of amides is 2. The lowest BCUT2D eigenvalue weighted by molar-refractivity contribution is -0.387. The minimum absolute atomic E-state index is 0.0217. The summed E-state index contributed by atoms with van der Waals surface area (Å²) in [6.07, 6.45) is 23.9. The van der Waals surface area contributed by atoms with E-state index >= 15 is 0 Å². The van der Waals surface area contributed by atoms with E-state index in [-0.39, 0.29) is 31.0 Å². The second-order valence-corrected chi connectivity index (χ2v) is 29.3. The summed E-state index contributed by atoms with van der Waals surface area (Å²) >= 11 is 0. The zero-order valence-corrected chi connectivity index (χ0v) is 40.8. The fraction of sp³-hybridized carbons (Fsp3) is 0.840. The Morgan fingerprint density at radius 1 is 0.716 bits per heavy atom. The van der Waals surface area contributed by atoms with Gasteiger partial charge in [0.25, 0.3) is 0 Å². The Hall–Kier alpha value is -2.93. The van der Waals surface area contributed by atoms with Gasteiger partial charge in [-0.2, -0.15) is 0 Å². The lowest BCUT2D eigenvalue weighted by Crippen LogP contribution is -2.75. The average molecular weight is 965 g/mol. The van der Waals surface area contributed by atoms with Crippen LogP contribution in [-0.2, 0) is 20.8 Å². The van der Waals surface area contributed by atoms with Crippen LogP contribution >= 0.6 is 8.29 Å². The van der Waals surface area contributed by atoms with Crippen molar-refractivity contribution in [2.45, 2.75) is 230 Å². The highest BCUT2D eigenvalue weighted by molar-refractivity contribution is 8.66. The van der Waals surface area contributed by atoms with Crippen molar-refractivity contribution in [1.29, 1.82) is 0 Å². The number of aliphatic hydroxyl groups excluding tert-OH is 4. The molecule has 7 rings (SSSR count). The van der Waals surface area contributed by atoms with E-state index in [9.17, 15) is 40.1 Å². The van der Waals surface area contributed by atoms with Crippen molar-refractivity contribution in [1.82, 2.24) is 10.6 Å². The normalized spacial score (nSPS) is 28.3. The number of ether oxygens (including phenoxy) is 4. The third-order valence-corrected chi connectivity index (χ3v) is 32.2. The number of rotatable bonds is 18. The van der Waals surface area contributed by atoms with Crippen LogP contribution in [0.5, 0.6) is 5.75 Å². The fourth-order valence-corrected chi connectivity index (χ4v) is 32.4. The number of nitro groups is 1. The van der Waals surface area contributed by atoms with Gasteiger partial charge < -0.3 is 55.7 Å². The number of carbonyl (C=O) groups is 2. The molecule has 5 saturated carbocycles. The van der Waals surface area contributed by atoms with Crippen molar-refractivity contribution in [3.8, 4) is 5.75 Å². The summed E-state index contributed by atoms with van der Waals surface area (Å²) in [5.41, 5.74) is 5.85. The van der Waals surface area contributed by atoms with Gasteiger partial charge in [0.05, 0.1) is 18.1 Å². The number of carbonyl (C=O) groups excluding carboxylic acids is 2. The smallest absolute Gasteiger partial charge is 0.407 e. The number of nitrogens with zero attached hydrogens (tertiary/aromatic N) is 1. The molecule has 0 bridgehead atoms. The van der Waals surface area contributed by atoms with Crippen molar-refractivity contribution in [3.63, 3.8) is 0 Å². The van der Waals surface area contributed by atoms with Crippen molar-refractivity contribution in [3.05, 3.63) is 33.9 Å². The molecule has 1 aromatic carbocycles. The van der Waals surface area contributed by atoms with Crippen LogP contribution in [-0.4, -0.2) is 133 Å². The lowest BCUT2D eigenvalue weighted by Gasteiger charge is -2.97. The summed E-state index contributed by atoms with van der Waals surface area (Å²) in [4.78, 5) is 38.2. The third-order valence-electron chi connectivity index (χ3n) is 18.4. The minimum atomic E-state index is -3.12. The molecule has 6 aliphatic rings. The zero-order chi connectivity index (χ0) is 47.5. The number of aliphatic hydroxyl groups is 4. The SMILES string of the molecule is NCC(CNC(=O)OCc1ccc(O[C@@H]2OC(CO)[C@H](O)C(O)[C@H]2O)c([N+](=O)[O-])c1)OC(=O)NCCS(C1CCCCC1)(C1CCCCC1)(C1CCCCC1)(C1CCCCC1)C1CCCCC1. The number of nitro benzene ring substituents is 1. The molecule has 1 aromatic rings. The molecule has 6 fully saturated rings. The van der Waals surface area contributed by atoms with Gasteiger partial charge in [-0.15, -0.1) is 0 Å². The molecular weight excluding hydrogens is 881 g/mol. The molecule has 0 radical (unpaired) electrons. The number of hydrogen-bond donors (Lipinski definition) is 7. The molecule has 1 heterocycles. The Balaban J connectivity index is 1.04. The van der Waals surface area contributed by atoms with Gasteiger partial charge in [0.2, 0.25) is 6.29 Å². The van der Waals surface area contributed by atoms with Crippen LogP contribution in [0.2, 0.25) is 0 Å². The first-order chi connectivity index (χ1) is 32.4. The van der Waals surface area contributed by atoms with Crippen LogP contribution in [0.15, 0.2) is 18.2 Å². The van der Waals surface area contributed by atoms with Gasteiger partial charge in [-0.3, -0.25) is 18.4 Å². The fourth-order valence-electron chi connectivity index (χ4n) is 15.8. The molecule has 382 valence electrons. The van der Waals surface area contributed by atoms with Gasteiger partial charge >= 0.3 is 17.9 Å². The number of nitrogens with two attached hydrogens (primary N) is 1. The summed E-state index contributed by atoms with van der Waals surface area (Å²) in [5, 5.41) is 62.0. The first kappa shape index (κ1) is 51.9. The molecule has 1 saturated heterocycles. The second-order valence-electron chi connectivity index (χ2n) is 21.2. The Labute approximate surface area is 396 Å². The zero-order valence-electron chi connectivity index (χ0n) is 40.0. The lowest BCUT2D eigenvalue weighted by atomic mass is 9.97. The van der Waals surface area contributed by atoms with Gasteiger partial charge in [-0.1, -0.05) is 102 Å². The maximum Gasteiger partial charge on any atom is 0.407 e. The standard InChI is InChI=1S/C50H84N4O12S/c51-31-36(32-53-49(59)63-34-35-26-27-43(42(30-35)54(61)62)65-48-47(58)46(57)45(56)44(33-55)66-48)64-50(60)52-28-29-67(37-16-6-1-7-17-37,38-18-8-2-9-19-38,39-20-10-3-11-21-39,40-22-12-4-13-23-40)41-24-14-5-15-25-41/h26-27,30,36-41,44-48,55-58H,1-25,28-29,31-34,51H2,(H,52,60)(H,53,59)/t36?,44?,45-,46?,47+,48+/m0/s1. The molecule has 67 heavy (non-hydrogen) atoms. The van der Waals surface area contributed by atoms with E-state index in [1.807, 2.05) is 0 Å². The first-order valence-electron chi connectivity index (χ1n) is 26.2. The number of hydrogen-bond acceptors (Lipinski definition) is 13. The second kappa shape index (κ2) is 22.9. The summed E-state index contributed by atoms with van der Waals surface area (Å²) in [6.45, 7) is -0.529. The van der Waals surface area contributed by atoms with E-state index in [4.69, 9.17) is 24.7 Å². The largest absolute Gasteiger partial charge is 0.455 e. The van der Waals surface area contributed by atoms with Crippen molar-refractivity contribution in [2.75, 3.05) is 32.0 Å². The van der Waals surface area contributed by atoms with Crippen molar-refractivity contribution < 1.29 is 53.9 Å². The molecule has 16 nitrogen and oxygen atoms in total. The Morgan fingerprint density at radius 3 is 1.63 bits per heavy atom. The summed E-state index contributed by atoms with van der Waals surface area (Å²) in [7, 11) is -3.12. The quantitative estimate of drug-likeness (QED) is 0.0555. The van der Waals surface area contributed by atoms with Crippen LogP contribution in [0.3, 0.4) is 0 Å². The molecule has 6 atom stereocenters. The maximum absolute atomic E-state index is 14.0. The summed E-state index contributed by atoms with van der Waals surface area (Å²) in [5.74, 6) is 0.836. The summed E-state index contributed by atoms with van der Waals surface area (Å²) < 4.78 is 22.2. The number of nitrogens with one attached hydrogen (secondary N) is 2. The van der Waals surface area contributed by atoms with E-state index < -0.39 is 74.5 Å². The van der Waals surface area contributed by atoms with Gasteiger partial charge in [0.15, 0.2) is 5.75 Å². The van der Waals surface area contributed by atoms with Gasteiger partial charge in [0, 0.05) is 19.2 Å². The molecule has 5 aliphatic carbocycles. The highest BCUT2D eigenvalue weighted by atomic mass is 32.4. The molecule has 17 heteroatoms. The highest BCUT2D eigenvalue weighted by Gasteiger charge is 2.78. The van der Waals surface area contributed by atoms with E-state index in [0.29, 0.717) is 6.54 Å². The number of benzene rings is 1. The van der Waals surface area contributed by atoms with Crippen LogP contribution in [0.1, 0.15) is 166 Å². The van der Waals surface area contributed by atoms with Crippen LogP contribution in [0.25, 0.3) is 0 Å². The molecule has 0 aromatic heterocycles. The van der Waals surface area contributed by atoms with Gasteiger partial charge in [0.1, 0.15) is 37.1 Å². The highest BCUT2D eigenvalue weighted by Crippen LogP contribution is 3.06. The molecule has 8 N–H and O–H groups in total. The molecule has 0 spiro atoms. The first-order valence-corrected chi connectivity index (χ1v) is 29.2. The summed E-state index contributed by atoms with van der Waals surface area (Å²) in [6, 6.07) is 3.78. The monoisotopic (exact) mass is 965 g/mol. The topological polar surface area (TPSA) is 245 Å². The Kier molecular flexibility index (Phi) is 17.7. The molecular formula is C50H84N4O12S. The predicted molar refractivity (Wildman–Crippen MR) is 260 cm³/mol. The van der Waals surface area contributed by atoms with Crippen molar-refractivity contribution in [2.24, 2.45) is 5.73 Å². The van der Waals surface area contributed by atoms with Crippen LogP contribution in [0, 0.1) is 10.1 Å². The van der Waals surface area contributed by atoms with Crippen molar-refractivity contribution >= 4 is 26.2 Å². The predicted octanol–water partition coefficient (Wildman–Crippen LogP) is 7.59. The maximum atomic E-state index is 14.0. The molecule has 1 aliphatic heterocycles.